The quantitative estimate of drug-likeness (QED) is 0.335. The SMILES string of the molecule is CCOC(=O)C(=C1SCCS1)C(C(C(=O)OCC)=C1SCCS1)c1ccc(Cl)cc1. The molecule has 0 amide bonds. The topological polar surface area (TPSA) is 52.6 Å². The first-order valence-corrected chi connectivity index (χ1v) is 14.0. The van der Waals surface area contributed by atoms with Gasteiger partial charge in [-0.05, 0) is 31.5 Å². The summed E-state index contributed by atoms with van der Waals surface area (Å²) in [4.78, 5) is 26.4. The Balaban J connectivity index is 2.24. The van der Waals surface area contributed by atoms with E-state index >= 15 is 0 Å². The van der Waals surface area contributed by atoms with E-state index in [0.29, 0.717) is 16.2 Å². The van der Waals surface area contributed by atoms with Gasteiger partial charge in [0.2, 0.25) is 0 Å². The van der Waals surface area contributed by atoms with Crippen LogP contribution >= 0.6 is 58.6 Å². The van der Waals surface area contributed by atoms with Crippen molar-refractivity contribution in [1.82, 2.24) is 0 Å². The molecule has 3 rings (SSSR count). The maximum absolute atomic E-state index is 13.2. The van der Waals surface area contributed by atoms with E-state index in [4.69, 9.17) is 21.1 Å². The fourth-order valence-corrected chi connectivity index (χ4v) is 8.41. The monoisotopic (exact) mass is 502 g/mol. The highest BCUT2D eigenvalue weighted by molar-refractivity contribution is 8.25. The first-order chi connectivity index (χ1) is 14.6. The summed E-state index contributed by atoms with van der Waals surface area (Å²) in [5, 5.41) is 0.599. The van der Waals surface area contributed by atoms with Gasteiger partial charge in [0.25, 0.3) is 0 Å². The minimum Gasteiger partial charge on any atom is -0.463 e. The smallest absolute Gasteiger partial charge is 0.336 e. The number of thioether (sulfide) groups is 4. The van der Waals surface area contributed by atoms with E-state index in [0.717, 1.165) is 37.0 Å². The van der Waals surface area contributed by atoms with Crippen LogP contribution in [0.4, 0.5) is 0 Å². The zero-order valence-corrected chi connectivity index (χ0v) is 20.8. The molecule has 0 aromatic heterocycles. The zero-order chi connectivity index (χ0) is 21.5. The fraction of sp³-hybridized carbons (Fsp3) is 0.429. The normalized spacial score (nSPS) is 16.1. The van der Waals surface area contributed by atoms with Gasteiger partial charge >= 0.3 is 11.9 Å². The first kappa shape index (κ1) is 24.0. The van der Waals surface area contributed by atoms with Crippen molar-refractivity contribution in [3.63, 3.8) is 0 Å². The summed E-state index contributed by atoms with van der Waals surface area (Å²) in [6, 6.07) is 7.32. The Kier molecular flexibility index (Phi) is 9.44. The maximum atomic E-state index is 13.2. The molecule has 0 spiro atoms. The van der Waals surface area contributed by atoms with Gasteiger partial charge in [-0.2, -0.15) is 0 Å². The van der Waals surface area contributed by atoms with Crippen molar-refractivity contribution >= 4 is 70.6 Å². The molecule has 162 valence electrons. The molecular formula is C21H23ClO4S4. The number of hydrogen-bond acceptors (Lipinski definition) is 8. The van der Waals surface area contributed by atoms with Gasteiger partial charge in [-0.25, -0.2) is 9.59 Å². The molecule has 4 nitrogen and oxygen atoms in total. The summed E-state index contributed by atoms with van der Waals surface area (Å²) in [6.45, 7) is 4.12. The molecule has 1 aromatic carbocycles. The molecule has 0 N–H and O–H groups in total. The van der Waals surface area contributed by atoms with Gasteiger partial charge in [0.1, 0.15) is 0 Å². The number of carbonyl (C=O) groups is 2. The van der Waals surface area contributed by atoms with Crippen LogP contribution in [0.15, 0.2) is 43.9 Å². The molecule has 2 heterocycles. The van der Waals surface area contributed by atoms with Gasteiger partial charge in [-0.1, -0.05) is 23.7 Å². The molecule has 1 aromatic rings. The standard InChI is InChI=1S/C21H23ClO4S4/c1-3-25-18(23)16(20-27-9-10-28-20)15(13-5-7-14(22)8-6-13)17(19(24)26-4-2)21-29-11-12-30-21/h5-8,15H,3-4,9-12H2,1-2H3. The lowest BCUT2D eigenvalue weighted by Crippen LogP contribution is -2.23. The Morgan fingerprint density at radius 1 is 0.833 bits per heavy atom. The van der Waals surface area contributed by atoms with E-state index in [-0.39, 0.29) is 25.2 Å². The highest BCUT2D eigenvalue weighted by Crippen LogP contribution is 2.50. The third kappa shape index (κ3) is 5.76. The second-order valence-electron chi connectivity index (χ2n) is 6.22. The van der Waals surface area contributed by atoms with Crippen LogP contribution in [0, 0.1) is 0 Å². The predicted octanol–water partition coefficient (Wildman–Crippen LogP) is 5.93. The van der Waals surface area contributed by atoms with E-state index < -0.39 is 5.92 Å². The van der Waals surface area contributed by atoms with E-state index in [1.54, 1.807) is 73.0 Å². The molecule has 2 saturated heterocycles. The lowest BCUT2D eigenvalue weighted by atomic mass is 9.85. The van der Waals surface area contributed by atoms with Crippen LogP contribution in [0.1, 0.15) is 25.3 Å². The number of halogens is 1. The third-order valence-corrected chi connectivity index (χ3v) is 10.1. The van der Waals surface area contributed by atoms with Crippen molar-refractivity contribution in [1.29, 1.82) is 0 Å². The van der Waals surface area contributed by atoms with Crippen molar-refractivity contribution in [3.8, 4) is 0 Å². The van der Waals surface area contributed by atoms with Gasteiger partial charge in [0.05, 0.1) is 38.8 Å². The Hall–Kier alpha value is -0.670. The summed E-state index contributed by atoms with van der Waals surface area (Å²) in [7, 11) is 0. The average molecular weight is 503 g/mol. The largest absolute Gasteiger partial charge is 0.463 e. The summed E-state index contributed by atoms with van der Waals surface area (Å²) >= 11 is 12.7. The van der Waals surface area contributed by atoms with Crippen molar-refractivity contribution in [2.75, 3.05) is 36.2 Å². The van der Waals surface area contributed by atoms with Crippen molar-refractivity contribution in [2.45, 2.75) is 19.8 Å². The Morgan fingerprint density at radius 3 is 1.60 bits per heavy atom. The van der Waals surface area contributed by atoms with Crippen LogP contribution in [0.25, 0.3) is 0 Å². The number of ether oxygens (including phenoxy) is 2. The van der Waals surface area contributed by atoms with Crippen LogP contribution < -0.4 is 0 Å². The van der Waals surface area contributed by atoms with E-state index in [2.05, 4.69) is 0 Å². The van der Waals surface area contributed by atoms with Crippen molar-refractivity contribution < 1.29 is 19.1 Å². The molecular weight excluding hydrogens is 480 g/mol. The number of carbonyl (C=O) groups excluding carboxylic acids is 2. The summed E-state index contributed by atoms with van der Waals surface area (Å²) in [5.41, 5.74) is 1.87. The van der Waals surface area contributed by atoms with Crippen LogP contribution in [0.2, 0.25) is 5.02 Å². The number of hydrogen-bond donors (Lipinski definition) is 0. The van der Waals surface area contributed by atoms with Gasteiger partial charge in [-0.15, -0.1) is 47.0 Å². The first-order valence-electron chi connectivity index (χ1n) is 9.66. The zero-order valence-electron chi connectivity index (χ0n) is 16.8. The molecule has 0 atom stereocenters. The second kappa shape index (κ2) is 11.8. The third-order valence-electron chi connectivity index (χ3n) is 4.31. The summed E-state index contributed by atoms with van der Waals surface area (Å²) in [6.07, 6.45) is 0. The fourth-order valence-electron chi connectivity index (χ4n) is 3.12. The Morgan fingerprint density at radius 2 is 1.23 bits per heavy atom. The molecule has 0 unspecified atom stereocenters. The maximum Gasteiger partial charge on any atom is 0.336 e. The molecule has 30 heavy (non-hydrogen) atoms. The number of rotatable bonds is 7. The van der Waals surface area contributed by atoms with Crippen LogP contribution in [0.5, 0.6) is 0 Å². The Labute approximate surface area is 199 Å². The predicted molar refractivity (Wildman–Crippen MR) is 131 cm³/mol. The summed E-state index contributed by atoms with van der Waals surface area (Å²) in [5.74, 6) is 2.35. The minimum atomic E-state index is -0.568. The second-order valence-corrected chi connectivity index (χ2v) is 11.6. The minimum absolute atomic E-state index is 0.271. The molecule has 2 aliphatic rings. The number of benzene rings is 1. The van der Waals surface area contributed by atoms with E-state index in [9.17, 15) is 9.59 Å². The van der Waals surface area contributed by atoms with Crippen molar-refractivity contribution in [2.24, 2.45) is 0 Å². The number of esters is 2. The lowest BCUT2D eigenvalue weighted by molar-refractivity contribution is -0.139. The van der Waals surface area contributed by atoms with E-state index in [1.807, 2.05) is 12.1 Å². The Bertz CT molecular complexity index is 787. The van der Waals surface area contributed by atoms with Gasteiger partial charge in [0, 0.05) is 28.0 Å². The molecule has 0 aliphatic carbocycles. The van der Waals surface area contributed by atoms with Crippen LogP contribution in [-0.2, 0) is 19.1 Å². The lowest BCUT2D eigenvalue weighted by Gasteiger charge is -2.24. The van der Waals surface area contributed by atoms with Gasteiger partial charge < -0.3 is 9.47 Å². The van der Waals surface area contributed by atoms with Crippen LogP contribution in [-0.4, -0.2) is 48.2 Å². The molecule has 0 radical (unpaired) electrons. The summed E-state index contributed by atoms with van der Waals surface area (Å²) < 4.78 is 12.8. The molecule has 9 heteroatoms. The molecule has 2 fully saturated rings. The van der Waals surface area contributed by atoms with Crippen LogP contribution in [0.3, 0.4) is 0 Å². The molecule has 0 saturated carbocycles. The van der Waals surface area contributed by atoms with Gasteiger partial charge in [0.15, 0.2) is 0 Å². The average Bonchev–Trinajstić information content (AvgIpc) is 3.43. The van der Waals surface area contributed by atoms with Crippen molar-refractivity contribution in [3.05, 3.63) is 54.5 Å². The molecule has 2 aliphatic heterocycles. The molecule has 0 bridgehead atoms. The highest BCUT2D eigenvalue weighted by Gasteiger charge is 2.38. The van der Waals surface area contributed by atoms with E-state index in [1.165, 1.54) is 0 Å². The highest BCUT2D eigenvalue weighted by atomic mass is 35.5. The van der Waals surface area contributed by atoms with Gasteiger partial charge in [-0.3, -0.25) is 0 Å².